The standard InChI is InChI=1S/C18H15ClN2O2/c19-16-12-6-1-3-7-13(12)20-17(16)18(22)21-14-9-10-23-15-8-4-2-5-11(14)15/h1-8,14,20H,9-10H2,(H,21,22)/t14-/m1/s1. The molecule has 0 radical (unpaired) electrons. The molecule has 0 saturated heterocycles. The minimum absolute atomic E-state index is 0.0741. The summed E-state index contributed by atoms with van der Waals surface area (Å²) in [4.78, 5) is 15.7. The van der Waals surface area contributed by atoms with Crippen LogP contribution in [0.5, 0.6) is 5.75 Å². The first kappa shape index (κ1) is 14.2. The van der Waals surface area contributed by atoms with Crippen molar-refractivity contribution < 1.29 is 9.53 Å². The number of ether oxygens (including phenoxy) is 1. The fourth-order valence-electron chi connectivity index (χ4n) is 2.99. The number of carbonyl (C=O) groups excluding carboxylic acids is 1. The number of hydrogen-bond acceptors (Lipinski definition) is 2. The first-order valence-electron chi connectivity index (χ1n) is 7.53. The summed E-state index contributed by atoms with van der Waals surface area (Å²) >= 11 is 6.35. The van der Waals surface area contributed by atoms with Gasteiger partial charge >= 0.3 is 0 Å². The van der Waals surface area contributed by atoms with Crippen molar-refractivity contribution in [3.63, 3.8) is 0 Å². The highest BCUT2D eigenvalue weighted by Gasteiger charge is 2.25. The van der Waals surface area contributed by atoms with Crippen LogP contribution in [0, 0.1) is 0 Å². The number of halogens is 1. The second-order valence-corrected chi connectivity index (χ2v) is 5.94. The topological polar surface area (TPSA) is 54.1 Å². The number of rotatable bonds is 2. The third kappa shape index (κ3) is 2.45. The second-order valence-electron chi connectivity index (χ2n) is 5.56. The number of amides is 1. The average molecular weight is 327 g/mol. The van der Waals surface area contributed by atoms with Gasteiger partial charge in [-0.05, 0) is 12.1 Å². The van der Waals surface area contributed by atoms with E-state index in [1.54, 1.807) is 0 Å². The van der Waals surface area contributed by atoms with Gasteiger partial charge in [0.1, 0.15) is 11.4 Å². The van der Waals surface area contributed by atoms with Gasteiger partial charge in [-0.15, -0.1) is 0 Å². The molecular formula is C18H15ClN2O2. The molecule has 4 nitrogen and oxygen atoms in total. The number of fused-ring (bicyclic) bond motifs is 2. The number of hydrogen-bond donors (Lipinski definition) is 2. The van der Waals surface area contributed by atoms with E-state index in [0.29, 0.717) is 17.3 Å². The number of aromatic amines is 1. The maximum absolute atomic E-state index is 12.6. The molecule has 2 heterocycles. The molecule has 116 valence electrons. The summed E-state index contributed by atoms with van der Waals surface area (Å²) in [6, 6.07) is 15.3. The van der Waals surface area contributed by atoms with E-state index in [4.69, 9.17) is 16.3 Å². The zero-order valence-corrected chi connectivity index (χ0v) is 13.1. The van der Waals surface area contributed by atoms with E-state index in [2.05, 4.69) is 10.3 Å². The SMILES string of the molecule is O=C(N[C@@H]1CCOc2ccccc21)c1[nH]c2ccccc2c1Cl. The Hall–Kier alpha value is -2.46. The molecule has 1 aliphatic heterocycles. The van der Waals surface area contributed by atoms with Crippen molar-refractivity contribution in [2.45, 2.75) is 12.5 Å². The van der Waals surface area contributed by atoms with Gasteiger partial charge in [0.05, 0.1) is 17.7 Å². The van der Waals surface area contributed by atoms with E-state index >= 15 is 0 Å². The molecule has 1 amide bonds. The molecule has 0 bridgehead atoms. The van der Waals surface area contributed by atoms with Crippen molar-refractivity contribution in [2.24, 2.45) is 0 Å². The van der Waals surface area contributed by atoms with Crippen LogP contribution in [0.2, 0.25) is 5.02 Å². The molecule has 2 aromatic carbocycles. The summed E-state index contributed by atoms with van der Waals surface area (Å²) in [7, 11) is 0. The minimum Gasteiger partial charge on any atom is -0.493 e. The molecule has 23 heavy (non-hydrogen) atoms. The number of H-pyrrole nitrogens is 1. The summed E-state index contributed by atoms with van der Waals surface area (Å²) in [5, 5.41) is 4.37. The van der Waals surface area contributed by atoms with Crippen LogP contribution in [0.4, 0.5) is 0 Å². The van der Waals surface area contributed by atoms with Gasteiger partial charge in [-0.1, -0.05) is 48.0 Å². The first-order valence-corrected chi connectivity index (χ1v) is 7.90. The largest absolute Gasteiger partial charge is 0.493 e. The molecule has 3 aromatic rings. The Morgan fingerprint density at radius 1 is 1.17 bits per heavy atom. The Labute approximate surface area is 138 Å². The van der Waals surface area contributed by atoms with E-state index in [9.17, 15) is 4.79 Å². The van der Waals surface area contributed by atoms with Crippen LogP contribution in [0.3, 0.4) is 0 Å². The molecular weight excluding hydrogens is 312 g/mol. The Morgan fingerprint density at radius 2 is 1.96 bits per heavy atom. The van der Waals surface area contributed by atoms with Gasteiger partial charge in [-0.25, -0.2) is 0 Å². The molecule has 0 aliphatic carbocycles. The second kappa shape index (κ2) is 5.63. The van der Waals surface area contributed by atoms with E-state index < -0.39 is 0 Å². The molecule has 0 spiro atoms. The van der Waals surface area contributed by atoms with Crippen molar-refractivity contribution in [3.8, 4) is 5.75 Å². The normalized spacial score (nSPS) is 16.7. The third-order valence-electron chi connectivity index (χ3n) is 4.13. The molecule has 1 aromatic heterocycles. The van der Waals surface area contributed by atoms with Crippen LogP contribution >= 0.6 is 11.6 Å². The van der Waals surface area contributed by atoms with Crippen LogP contribution in [0.1, 0.15) is 28.5 Å². The minimum atomic E-state index is -0.201. The summed E-state index contributed by atoms with van der Waals surface area (Å²) in [6.45, 7) is 0.586. The Balaban J connectivity index is 1.64. The van der Waals surface area contributed by atoms with Crippen LogP contribution in [-0.4, -0.2) is 17.5 Å². The molecule has 1 aliphatic rings. The van der Waals surface area contributed by atoms with E-state index in [1.807, 2.05) is 48.5 Å². The number of aromatic nitrogens is 1. The van der Waals surface area contributed by atoms with Gasteiger partial charge in [-0.2, -0.15) is 0 Å². The fourth-order valence-corrected chi connectivity index (χ4v) is 3.28. The zero-order valence-electron chi connectivity index (χ0n) is 12.3. The molecule has 0 fully saturated rings. The summed E-state index contributed by atoms with van der Waals surface area (Å²) in [6.07, 6.45) is 0.737. The van der Waals surface area contributed by atoms with Gasteiger partial charge in [0.15, 0.2) is 0 Å². The quantitative estimate of drug-likeness (QED) is 0.745. The van der Waals surface area contributed by atoms with Crippen molar-refractivity contribution in [1.82, 2.24) is 10.3 Å². The summed E-state index contributed by atoms with van der Waals surface area (Å²) < 4.78 is 5.63. The lowest BCUT2D eigenvalue weighted by Crippen LogP contribution is -2.32. The van der Waals surface area contributed by atoms with Gasteiger partial charge < -0.3 is 15.0 Å². The lowest BCUT2D eigenvalue weighted by atomic mass is 10.0. The lowest BCUT2D eigenvalue weighted by molar-refractivity contribution is 0.0920. The number of nitrogens with one attached hydrogen (secondary N) is 2. The van der Waals surface area contributed by atoms with E-state index in [-0.39, 0.29) is 11.9 Å². The summed E-state index contributed by atoms with van der Waals surface area (Å²) in [5.74, 6) is 0.625. The Bertz CT molecular complexity index is 888. The fraction of sp³-hybridized carbons (Fsp3) is 0.167. The first-order chi connectivity index (χ1) is 11.2. The predicted octanol–water partition coefficient (Wildman–Crippen LogP) is 4.07. The molecule has 0 unspecified atom stereocenters. The van der Waals surface area contributed by atoms with Crippen molar-refractivity contribution in [3.05, 3.63) is 64.8 Å². The summed E-state index contributed by atoms with van der Waals surface area (Å²) in [5.41, 5.74) is 2.26. The number of benzene rings is 2. The molecule has 0 saturated carbocycles. The van der Waals surface area contributed by atoms with Gasteiger partial charge in [-0.3, -0.25) is 4.79 Å². The smallest absolute Gasteiger partial charge is 0.269 e. The molecule has 5 heteroatoms. The monoisotopic (exact) mass is 326 g/mol. The maximum atomic E-state index is 12.6. The number of para-hydroxylation sites is 2. The van der Waals surface area contributed by atoms with Crippen LogP contribution in [-0.2, 0) is 0 Å². The molecule has 4 rings (SSSR count). The highest BCUT2D eigenvalue weighted by Crippen LogP contribution is 2.33. The van der Waals surface area contributed by atoms with Gasteiger partial charge in [0, 0.05) is 22.9 Å². The maximum Gasteiger partial charge on any atom is 0.269 e. The van der Waals surface area contributed by atoms with E-state index in [1.165, 1.54) is 0 Å². The van der Waals surface area contributed by atoms with Crippen molar-refractivity contribution in [1.29, 1.82) is 0 Å². The average Bonchev–Trinajstić information content (AvgIpc) is 2.93. The molecule has 1 atom stereocenters. The van der Waals surface area contributed by atoms with Crippen molar-refractivity contribution in [2.75, 3.05) is 6.61 Å². The van der Waals surface area contributed by atoms with E-state index in [0.717, 1.165) is 28.6 Å². The Morgan fingerprint density at radius 3 is 2.83 bits per heavy atom. The van der Waals surface area contributed by atoms with Crippen LogP contribution in [0.25, 0.3) is 10.9 Å². The van der Waals surface area contributed by atoms with Gasteiger partial charge in [0.2, 0.25) is 0 Å². The van der Waals surface area contributed by atoms with Gasteiger partial charge in [0.25, 0.3) is 5.91 Å². The predicted molar refractivity (Wildman–Crippen MR) is 90.1 cm³/mol. The highest BCUT2D eigenvalue weighted by atomic mass is 35.5. The zero-order chi connectivity index (χ0) is 15.8. The third-order valence-corrected chi connectivity index (χ3v) is 4.53. The number of carbonyl (C=O) groups is 1. The Kier molecular flexibility index (Phi) is 3.46. The molecule has 2 N–H and O–H groups in total. The lowest BCUT2D eigenvalue weighted by Gasteiger charge is -2.26. The van der Waals surface area contributed by atoms with Crippen LogP contribution < -0.4 is 10.1 Å². The van der Waals surface area contributed by atoms with Crippen LogP contribution in [0.15, 0.2) is 48.5 Å². The highest BCUT2D eigenvalue weighted by molar-refractivity contribution is 6.38. The van der Waals surface area contributed by atoms with Crippen molar-refractivity contribution >= 4 is 28.4 Å².